The molecular weight excluding hydrogens is 1040 g/mol. The number of azo groups is 1. The Balaban J connectivity index is 0.855. The highest BCUT2D eigenvalue weighted by atomic mass is 32.1. The van der Waals surface area contributed by atoms with Crippen molar-refractivity contribution in [2.75, 3.05) is 90.8 Å². The minimum Gasteiger partial charge on any atom is -0.508 e. The topological polar surface area (TPSA) is 238 Å². The van der Waals surface area contributed by atoms with E-state index < -0.39 is 23.5 Å². The minimum absolute atomic E-state index is 0.0338. The second-order valence-corrected chi connectivity index (χ2v) is 18.7. The van der Waals surface area contributed by atoms with E-state index in [1.54, 1.807) is 79.9 Å². The summed E-state index contributed by atoms with van der Waals surface area (Å²) in [5, 5.41) is 35.5. The molecular formula is C60H58N6O13S. The van der Waals surface area contributed by atoms with Crippen molar-refractivity contribution in [1.29, 1.82) is 5.26 Å². The van der Waals surface area contributed by atoms with Gasteiger partial charge < -0.3 is 58.5 Å². The van der Waals surface area contributed by atoms with Gasteiger partial charge in [0.2, 0.25) is 0 Å². The van der Waals surface area contributed by atoms with Gasteiger partial charge in [-0.15, -0.1) is 0 Å². The van der Waals surface area contributed by atoms with E-state index in [2.05, 4.69) is 20.9 Å². The van der Waals surface area contributed by atoms with E-state index in [0.717, 1.165) is 5.69 Å². The van der Waals surface area contributed by atoms with Crippen LogP contribution in [-0.2, 0) is 38.8 Å². The quantitative estimate of drug-likeness (QED) is 0.00669. The fourth-order valence-corrected chi connectivity index (χ4v) is 8.84. The molecule has 8 rings (SSSR count). The maximum atomic E-state index is 13.9. The van der Waals surface area contributed by atoms with Gasteiger partial charge in [0.05, 0.1) is 75.4 Å². The lowest BCUT2D eigenvalue weighted by atomic mass is 9.77. The number of benzene rings is 6. The highest BCUT2D eigenvalue weighted by Crippen LogP contribution is 2.57. The second-order valence-electron chi connectivity index (χ2n) is 18.3. The average molecular weight is 1100 g/mol. The first kappa shape index (κ1) is 57.3. The number of unbranched alkanes of at least 4 members (excludes halogenated alkanes) is 1. The standard InChI is InChI=1S/C60H58N6O13S/c1-66(2)45-18-15-43(16-19-45)65-64-42-13-11-39(12-14-42)53(68)10-6-7-26-76-56(69)41(38-61)34-40-8-4-5-9-48(40)57(70)77-47-21-24-52-55(37-47)78-54-36-46(67)20-23-51(54)60(52)50-22-17-44(35-49(50)58(71)79-60)63-59(80)62-25-27-73-30-31-75-33-32-74-29-28-72-3/h4-5,8-9,11-24,34-37,67H,6-7,10,25-33H2,1-3H3,(H2,62,63,80)/b41-34+,65-64?. The summed E-state index contributed by atoms with van der Waals surface area (Å²) in [6.07, 6.45) is 2.24. The molecule has 0 radical (unpaired) electrons. The third-order valence-corrected chi connectivity index (χ3v) is 12.9. The van der Waals surface area contributed by atoms with Crippen molar-refractivity contribution >= 4 is 69.8 Å². The van der Waals surface area contributed by atoms with Crippen LogP contribution in [0.3, 0.4) is 0 Å². The molecule has 1 spiro atoms. The van der Waals surface area contributed by atoms with E-state index in [0.29, 0.717) is 110 Å². The zero-order chi connectivity index (χ0) is 56.4. The smallest absolute Gasteiger partial charge is 0.348 e. The molecule has 0 aromatic heterocycles. The van der Waals surface area contributed by atoms with Gasteiger partial charge in [0.15, 0.2) is 16.5 Å². The van der Waals surface area contributed by atoms with E-state index in [9.17, 15) is 29.5 Å². The fraction of sp³-hybridized carbons (Fsp3) is 0.267. The molecule has 20 heteroatoms. The van der Waals surface area contributed by atoms with Gasteiger partial charge in [0.1, 0.15) is 34.6 Å². The van der Waals surface area contributed by atoms with Crippen LogP contribution in [-0.4, -0.2) is 115 Å². The molecule has 3 N–H and O–H groups in total. The Morgan fingerprint density at radius 1 is 0.762 bits per heavy atom. The number of Topliss-reactive ketones (excluding diaryl/α,β-unsaturated/α-hetero) is 1. The van der Waals surface area contributed by atoms with Gasteiger partial charge in [-0.3, -0.25) is 4.79 Å². The second kappa shape index (κ2) is 27.7. The third kappa shape index (κ3) is 14.4. The van der Waals surface area contributed by atoms with Gasteiger partial charge in [0.25, 0.3) is 0 Å². The van der Waals surface area contributed by atoms with Crippen LogP contribution in [0.15, 0.2) is 143 Å². The number of carbonyl (C=O) groups is 4. The monoisotopic (exact) mass is 1100 g/mol. The highest BCUT2D eigenvalue weighted by Gasteiger charge is 2.54. The summed E-state index contributed by atoms with van der Waals surface area (Å²) < 4.78 is 45.3. The number of rotatable bonds is 26. The summed E-state index contributed by atoms with van der Waals surface area (Å²) in [6, 6.07) is 36.8. The molecule has 80 heavy (non-hydrogen) atoms. The minimum atomic E-state index is -1.53. The molecule has 2 aliphatic heterocycles. The average Bonchev–Trinajstić information content (AvgIpc) is 3.79. The van der Waals surface area contributed by atoms with Crippen LogP contribution in [0.25, 0.3) is 6.08 Å². The number of hydrogen-bond donors (Lipinski definition) is 3. The molecule has 6 aromatic carbocycles. The Labute approximate surface area is 467 Å². The van der Waals surface area contributed by atoms with Gasteiger partial charge >= 0.3 is 17.9 Å². The molecule has 0 saturated heterocycles. The fourth-order valence-electron chi connectivity index (χ4n) is 8.62. The number of ether oxygens (including phenoxy) is 8. The summed E-state index contributed by atoms with van der Waals surface area (Å²) in [5.74, 6) is -2.12. The van der Waals surface area contributed by atoms with Crippen LogP contribution in [0.1, 0.15) is 72.6 Å². The van der Waals surface area contributed by atoms with E-state index in [1.165, 1.54) is 36.4 Å². The third-order valence-electron chi connectivity index (χ3n) is 12.6. The van der Waals surface area contributed by atoms with Crippen molar-refractivity contribution in [3.63, 3.8) is 0 Å². The Bertz CT molecular complexity index is 3320. The number of esters is 3. The zero-order valence-corrected chi connectivity index (χ0v) is 45.0. The number of carbonyl (C=O) groups excluding carboxylic acids is 4. The predicted octanol–water partition coefficient (Wildman–Crippen LogP) is 10.1. The lowest BCUT2D eigenvalue weighted by Gasteiger charge is -2.36. The molecule has 6 aromatic rings. The Kier molecular flexibility index (Phi) is 19.8. The number of ketones is 1. The number of methoxy groups -OCH3 is 1. The van der Waals surface area contributed by atoms with Crippen molar-refractivity contribution in [3.8, 4) is 29.1 Å². The van der Waals surface area contributed by atoms with Crippen molar-refractivity contribution < 1.29 is 62.2 Å². The van der Waals surface area contributed by atoms with E-state index in [1.807, 2.05) is 49.3 Å². The molecule has 0 amide bonds. The lowest BCUT2D eigenvalue weighted by Crippen LogP contribution is -2.33. The van der Waals surface area contributed by atoms with E-state index >= 15 is 0 Å². The van der Waals surface area contributed by atoms with Gasteiger partial charge in [-0.25, -0.2) is 14.4 Å². The number of phenolic OH excluding ortho intramolecular Hbond substituents is 1. The number of aromatic hydroxyl groups is 1. The molecule has 0 aliphatic carbocycles. The normalized spacial score (nSPS) is 14.0. The van der Waals surface area contributed by atoms with Crippen LogP contribution < -0.4 is 25.0 Å². The molecule has 19 nitrogen and oxygen atoms in total. The first-order valence-corrected chi connectivity index (χ1v) is 26.0. The maximum absolute atomic E-state index is 13.9. The van der Waals surface area contributed by atoms with Gasteiger partial charge in [-0.05, 0) is 128 Å². The van der Waals surface area contributed by atoms with E-state index in [-0.39, 0.29) is 64.1 Å². The maximum Gasteiger partial charge on any atom is 0.348 e. The molecule has 0 bridgehead atoms. The molecule has 412 valence electrons. The summed E-state index contributed by atoms with van der Waals surface area (Å²) in [4.78, 5) is 55.7. The number of anilines is 2. The number of phenols is 1. The van der Waals surface area contributed by atoms with Crippen LogP contribution in [0.4, 0.5) is 22.7 Å². The van der Waals surface area contributed by atoms with Crippen LogP contribution >= 0.6 is 12.2 Å². The molecule has 2 heterocycles. The molecule has 2 aliphatic rings. The lowest BCUT2D eigenvalue weighted by molar-refractivity contribution is -0.138. The molecule has 0 saturated carbocycles. The van der Waals surface area contributed by atoms with Crippen molar-refractivity contribution in [2.45, 2.75) is 24.9 Å². The van der Waals surface area contributed by atoms with Crippen LogP contribution in [0.5, 0.6) is 23.0 Å². The summed E-state index contributed by atoms with van der Waals surface area (Å²) in [7, 11) is 5.53. The summed E-state index contributed by atoms with van der Waals surface area (Å²) >= 11 is 5.52. The highest BCUT2D eigenvalue weighted by molar-refractivity contribution is 7.80. The van der Waals surface area contributed by atoms with Gasteiger partial charge in [-0.1, -0.05) is 24.3 Å². The van der Waals surface area contributed by atoms with Crippen LogP contribution in [0.2, 0.25) is 0 Å². The number of fused-ring (bicyclic) bond motifs is 6. The largest absolute Gasteiger partial charge is 0.508 e. The number of hydrogen-bond acceptors (Lipinski definition) is 18. The van der Waals surface area contributed by atoms with E-state index in [4.69, 9.17) is 50.1 Å². The summed E-state index contributed by atoms with van der Waals surface area (Å²) in [5.41, 5.74) is 3.36. The summed E-state index contributed by atoms with van der Waals surface area (Å²) in [6.45, 7) is 3.52. The van der Waals surface area contributed by atoms with Crippen molar-refractivity contribution in [2.24, 2.45) is 10.2 Å². The van der Waals surface area contributed by atoms with Gasteiger partial charge in [0, 0.05) is 79.9 Å². The zero-order valence-electron chi connectivity index (χ0n) is 44.2. The number of nitrogens with zero attached hydrogens (tertiary/aromatic N) is 4. The number of nitrogens with one attached hydrogen (secondary N) is 2. The molecule has 0 fully saturated rings. The Hall–Kier alpha value is -8.84. The van der Waals surface area contributed by atoms with Crippen molar-refractivity contribution in [3.05, 3.63) is 172 Å². The number of thiocarbonyl (C=S) groups is 1. The Morgan fingerprint density at radius 3 is 2.11 bits per heavy atom. The number of nitriles is 1. The first-order valence-electron chi connectivity index (χ1n) is 25.6. The first-order chi connectivity index (χ1) is 38.9. The predicted molar refractivity (Wildman–Crippen MR) is 300 cm³/mol. The van der Waals surface area contributed by atoms with Crippen molar-refractivity contribution in [1.82, 2.24) is 5.32 Å². The molecule has 1 unspecified atom stereocenters. The Morgan fingerprint density at radius 2 is 1.41 bits per heavy atom. The SMILES string of the molecule is COCCOCCOCCOCCNC(=S)Nc1ccc2c(c1)C(=O)OC21c2ccc(O)cc2Oc2cc(OC(=O)c3ccccc3/C=C(\C#N)C(=O)OCCCCC(=O)c3ccc(N=Nc4ccc(N(C)C)cc4)cc3)ccc21. The molecule has 1 atom stereocenters. The van der Waals surface area contributed by atoms with Crippen LogP contribution in [0, 0.1) is 11.3 Å². The van der Waals surface area contributed by atoms with Gasteiger partial charge in [-0.2, -0.15) is 15.5 Å².